The van der Waals surface area contributed by atoms with Gasteiger partial charge >= 0.3 is 0 Å². The van der Waals surface area contributed by atoms with E-state index in [1.807, 2.05) is 4.68 Å². The van der Waals surface area contributed by atoms with Crippen LogP contribution < -0.4 is 5.32 Å². The second kappa shape index (κ2) is 6.39. The molecule has 20 heavy (non-hydrogen) atoms. The third-order valence-corrected chi connectivity index (χ3v) is 3.90. The summed E-state index contributed by atoms with van der Waals surface area (Å²) in [4.78, 5) is 12.2. The van der Waals surface area contributed by atoms with Gasteiger partial charge in [-0.05, 0) is 31.6 Å². The second-order valence-corrected chi connectivity index (χ2v) is 6.03. The summed E-state index contributed by atoms with van der Waals surface area (Å²) in [7, 11) is 0. The lowest BCUT2D eigenvalue weighted by molar-refractivity contribution is -0.122. The van der Waals surface area contributed by atoms with Crippen molar-refractivity contribution in [1.82, 2.24) is 9.78 Å². The molecular formula is C15H25N3O2. The lowest BCUT2D eigenvalue weighted by atomic mass is 10.1. The number of amides is 1. The molecule has 1 saturated carbocycles. The molecule has 1 aromatic rings. The van der Waals surface area contributed by atoms with Crippen LogP contribution in [0.3, 0.4) is 0 Å². The first kappa shape index (κ1) is 15.0. The van der Waals surface area contributed by atoms with Crippen molar-refractivity contribution < 1.29 is 9.90 Å². The Morgan fingerprint density at radius 1 is 1.55 bits per heavy atom. The molecule has 1 aliphatic carbocycles. The molecule has 1 amide bonds. The number of aliphatic hydroxyl groups is 1. The first-order valence-corrected chi connectivity index (χ1v) is 7.56. The Hall–Kier alpha value is -1.36. The lowest BCUT2D eigenvalue weighted by Crippen LogP contribution is -2.29. The van der Waals surface area contributed by atoms with Crippen molar-refractivity contribution in [1.29, 1.82) is 0 Å². The van der Waals surface area contributed by atoms with Crippen molar-refractivity contribution >= 4 is 11.6 Å². The maximum atomic E-state index is 12.2. The van der Waals surface area contributed by atoms with E-state index in [0.717, 1.165) is 43.6 Å². The Kier molecular flexibility index (Phi) is 4.81. The van der Waals surface area contributed by atoms with Crippen molar-refractivity contribution in [3.8, 4) is 0 Å². The number of nitrogens with one attached hydrogen (secondary N) is 1. The number of hydrogen-bond donors (Lipinski definition) is 2. The van der Waals surface area contributed by atoms with Crippen LogP contribution in [-0.2, 0) is 17.8 Å². The van der Waals surface area contributed by atoms with E-state index >= 15 is 0 Å². The Bertz CT molecular complexity index is 468. The zero-order valence-electron chi connectivity index (χ0n) is 12.6. The van der Waals surface area contributed by atoms with Gasteiger partial charge in [-0.25, -0.2) is 0 Å². The third-order valence-electron chi connectivity index (χ3n) is 3.90. The smallest absolute Gasteiger partial charge is 0.230 e. The number of carbonyl (C=O) groups excluding carboxylic acids is 1. The summed E-state index contributed by atoms with van der Waals surface area (Å²) in [6.07, 6.45) is 4.48. The number of rotatable bonds is 5. The molecule has 0 aliphatic heterocycles. The van der Waals surface area contributed by atoms with Crippen LogP contribution >= 0.6 is 0 Å². The van der Waals surface area contributed by atoms with Crippen molar-refractivity contribution in [2.45, 2.75) is 59.1 Å². The van der Waals surface area contributed by atoms with E-state index < -0.39 is 6.10 Å². The number of nitrogens with zero attached hydrogens (tertiary/aromatic N) is 2. The fourth-order valence-corrected chi connectivity index (χ4v) is 2.86. The van der Waals surface area contributed by atoms with Crippen LogP contribution in [0.1, 0.15) is 45.7 Å². The molecule has 2 N–H and O–H groups in total. The van der Waals surface area contributed by atoms with E-state index in [4.69, 9.17) is 0 Å². The van der Waals surface area contributed by atoms with Crippen molar-refractivity contribution in [2.75, 3.05) is 5.32 Å². The highest BCUT2D eigenvalue weighted by molar-refractivity contribution is 5.93. The van der Waals surface area contributed by atoms with Crippen LogP contribution in [0.5, 0.6) is 0 Å². The zero-order chi connectivity index (χ0) is 14.7. The predicted molar refractivity (Wildman–Crippen MR) is 78.4 cm³/mol. The summed E-state index contributed by atoms with van der Waals surface area (Å²) in [5, 5.41) is 17.1. The van der Waals surface area contributed by atoms with Gasteiger partial charge in [-0.15, -0.1) is 0 Å². The minimum Gasteiger partial charge on any atom is -0.392 e. The van der Waals surface area contributed by atoms with E-state index in [2.05, 4.69) is 31.2 Å². The molecule has 0 aromatic carbocycles. The van der Waals surface area contributed by atoms with E-state index in [0.29, 0.717) is 5.92 Å². The van der Waals surface area contributed by atoms with Gasteiger partial charge in [-0.2, -0.15) is 5.10 Å². The Morgan fingerprint density at radius 3 is 2.85 bits per heavy atom. The SMILES string of the molecule is CCc1c(NC(=O)C2CCCC2O)cnn1CC(C)C. The fourth-order valence-electron chi connectivity index (χ4n) is 2.86. The van der Waals surface area contributed by atoms with Crippen LogP contribution in [0, 0.1) is 11.8 Å². The molecule has 0 saturated heterocycles. The molecule has 1 aromatic heterocycles. The monoisotopic (exact) mass is 279 g/mol. The molecule has 5 nitrogen and oxygen atoms in total. The molecule has 0 radical (unpaired) electrons. The molecule has 2 rings (SSSR count). The Labute approximate surface area is 120 Å². The summed E-state index contributed by atoms with van der Waals surface area (Å²) in [6.45, 7) is 7.21. The lowest BCUT2D eigenvalue weighted by Gasteiger charge is -2.15. The standard InChI is InChI=1S/C15H25N3O2/c1-4-13-12(8-16-18(13)9-10(2)3)17-15(20)11-6-5-7-14(11)19/h8,10-11,14,19H,4-7,9H2,1-3H3,(H,17,20). The summed E-state index contributed by atoms with van der Waals surface area (Å²) in [5.41, 5.74) is 1.84. The largest absolute Gasteiger partial charge is 0.392 e. The van der Waals surface area contributed by atoms with Crippen molar-refractivity contribution in [2.24, 2.45) is 11.8 Å². The van der Waals surface area contributed by atoms with Crippen molar-refractivity contribution in [3.05, 3.63) is 11.9 Å². The molecule has 0 spiro atoms. The van der Waals surface area contributed by atoms with Gasteiger partial charge in [0.05, 0.1) is 29.6 Å². The predicted octanol–water partition coefficient (Wildman–Crippen LogP) is 2.20. The number of hydrogen-bond acceptors (Lipinski definition) is 3. The number of aliphatic hydroxyl groups excluding tert-OH is 1. The number of aromatic nitrogens is 2. The van der Waals surface area contributed by atoms with Crippen molar-refractivity contribution in [3.63, 3.8) is 0 Å². The van der Waals surface area contributed by atoms with Crippen LogP contribution in [0.2, 0.25) is 0 Å². The van der Waals surface area contributed by atoms with Crippen LogP contribution in [0.25, 0.3) is 0 Å². The van der Waals surface area contributed by atoms with E-state index in [-0.39, 0.29) is 11.8 Å². The maximum Gasteiger partial charge on any atom is 0.230 e. The quantitative estimate of drug-likeness (QED) is 0.868. The van der Waals surface area contributed by atoms with E-state index in [9.17, 15) is 9.90 Å². The van der Waals surface area contributed by atoms with E-state index in [1.165, 1.54) is 0 Å². The summed E-state index contributed by atoms with van der Waals surface area (Å²) in [6, 6.07) is 0. The Morgan fingerprint density at radius 2 is 2.30 bits per heavy atom. The van der Waals surface area contributed by atoms with Gasteiger partial charge in [0.1, 0.15) is 0 Å². The normalized spacial score (nSPS) is 22.4. The van der Waals surface area contributed by atoms with Crippen LogP contribution in [-0.4, -0.2) is 26.9 Å². The highest BCUT2D eigenvalue weighted by Crippen LogP contribution is 2.27. The second-order valence-electron chi connectivity index (χ2n) is 6.03. The van der Waals surface area contributed by atoms with Gasteiger partial charge < -0.3 is 10.4 Å². The topological polar surface area (TPSA) is 67.2 Å². The van der Waals surface area contributed by atoms with Gasteiger partial charge in [0.15, 0.2) is 0 Å². The molecular weight excluding hydrogens is 254 g/mol. The summed E-state index contributed by atoms with van der Waals surface area (Å²) < 4.78 is 1.96. The Balaban J connectivity index is 2.09. The van der Waals surface area contributed by atoms with Crippen LogP contribution in [0.15, 0.2) is 6.20 Å². The van der Waals surface area contributed by atoms with Gasteiger partial charge in [0, 0.05) is 6.54 Å². The third kappa shape index (κ3) is 3.20. The zero-order valence-corrected chi connectivity index (χ0v) is 12.6. The fraction of sp³-hybridized carbons (Fsp3) is 0.733. The molecule has 2 atom stereocenters. The van der Waals surface area contributed by atoms with E-state index in [1.54, 1.807) is 6.20 Å². The first-order valence-electron chi connectivity index (χ1n) is 7.56. The summed E-state index contributed by atoms with van der Waals surface area (Å²) in [5.74, 6) is 0.169. The van der Waals surface area contributed by atoms with Gasteiger partial charge in [-0.3, -0.25) is 9.48 Å². The number of carbonyl (C=O) groups is 1. The van der Waals surface area contributed by atoms with Gasteiger partial charge in [0.2, 0.25) is 5.91 Å². The highest BCUT2D eigenvalue weighted by Gasteiger charge is 2.32. The minimum absolute atomic E-state index is 0.0752. The molecule has 0 bridgehead atoms. The van der Waals surface area contributed by atoms with Gasteiger partial charge in [-0.1, -0.05) is 20.8 Å². The number of anilines is 1. The van der Waals surface area contributed by atoms with Gasteiger partial charge in [0.25, 0.3) is 0 Å². The van der Waals surface area contributed by atoms with Crippen LogP contribution in [0.4, 0.5) is 5.69 Å². The highest BCUT2D eigenvalue weighted by atomic mass is 16.3. The minimum atomic E-state index is -0.495. The summed E-state index contributed by atoms with van der Waals surface area (Å²) >= 11 is 0. The molecule has 1 aliphatic rings. The maximum absolute atomic E-state index is 12.2. The molecule has 5 heteroatoms. The molecule has 1 heterocycles. The first-order chi connectivity index (χ1) is 9.52. The average Bonchev–Trinajstić information content (AvgIpc) is 2.95. The molecule has 112 valence electrons. The molecule has 2 unspecified atom stereocenters. The molecule has 1 fully saturated rings. The average molecular weight is 279 g/mol.